The summed E-state index contributed by atoms with van der Waals surface area (Å²) in [5.41, 5.74) is 12.5. The second kappa shape index (κ2) is 12.5. The SMILES string of the molecule is OBc1cccc2c1oc1c(-c3ccc(N(c4ccc(C5=CC=CCC=C5)cc4)c4ccc(-c5ccccc5)cc4)cc3)cccc12. The van der Waals surface area contributed by atoms with Crippen molar-refractivity contribution in [1.29, 1.82) is 0 Å². The largest absolute Gasteiger partial charge is 0.456 e. The molecule has 1 aliphatic carbocycles. The Bertz CT molecular complexity index is 2280. The Morgan fingerprint density at radius 2 is 1.13 bits per heavy atom. The van der Waals surface area contributed by atoms with E-state index in [1.165, 1.54) is 22.3 Å². The Hall–Kier alpha value is -5.84. The van der Waals surface area contributed by atoms with E-state index in [9.17, 15) is 5.02 Å². The Balaban J connectivity index is 1.19. The molecule has 0 fully saturated rings. The van der Waals surface area contributed by atoms with Crippen molar-refractivity contribution in [2.45, 2.75) is 6.42 Å². The molecule has 0 saturated carbocycles. The van der Waals surface area contributed by atoms with Crippen LogP contribution >= 0.6 is 0 Å². The molecule has 4 heteroatoms. The highest BCUT2D eigenvalue weighted by molar-refractivity contribution is 6.50. The fourth-order valence-corrected chi connectivity index (χ4v) is 6.48. The summed E-state index contributed by atoms with van der Waals surface area (Å²) in [6.07, 6.45) is 11.8. The van der Waals surface area contributed by atoms with Crippen molar-refractivity contribution >= 4 is 57.5 Å². The smallest absolute Gasteiger partial charge is 0.308 e. The number of fused-ring (bicyclic) bond motifs is 3. The molecule has 0 spiro atoms. The van der Waals surface area contributed by atoms with Crippen LogP contribution in [0.1, 0.15) is 12.0 Å². The van der Waals surface area contributed by atoms with E-state index < -0.39 is 0 Å². The highest BCUT2D eigenvalue weighted by Gasteiger charge is 2.17. The summed E-state index contributed by atoms with van der Waals surface area (Å²) < 4.78 is 6.41. The van der Waals surface area contributed by atoms with Crippen molar-refractivity contribution in [1.82, 2.24) is 0 Å². The lowest BCUT2D eigenvalue weighted by Crippen LogP contribution is -2.12. The number of nitrogens with zero attached hydrogens (tertiary/aromatic N) is 1. The molecule has 7 aromatic rings. The van der Waals surface area contributed by atoms with Crippen LogP contribution in [0.2, 0.25) is 0 Å². The number of benzene rings is 6. The van der Waals surface area contributed by atoms with Crippen LogP contribution in [-0.2, 0) is 0 Å². The number of rotatable bonds is 7. The first-order chi connectivity index (χ1) is 23.3. The third-order valence-corrected chi connectivity index (χ3v) is 8.89. The summed E-state index contributed by atoms with van der Waals surface area (Å²) in [4.78, 5) is 2.30. The van der Waals surface area contributed by atoms with Crippen molar-refractivity contribution < 1.29 is 9.44 Å². The summed E-state index contributed by atoms with van der Waals surface area (Å²) in [6.45, 7) is 0. The van der Waals surface area contributed by atoms with E-state index in [0.717, 1.165) is 62.0 Å². The molecule has 0 aliphatic heterocycles. The van der Waals surface area contributed by atoms with E-state index in [1.807, 2.05) is 18.2 Å². The highest BCUT2D eigenvalue weighted by atomic mass is 16.3. The molecular weight excluding hydrogens is 573 g/mol. The van der Waals surface area contributed by atoms with Crippen molar-refractivity contribution in [3.8, 4) is 22.3 Å². The molecular formula is C43H32BNO2. The van der Waals surface area contributed by atoms with E-state index in [1.54, 1.807) is 0 Å². The quantitative estimate of drug-likeness (QED) is 0.184. The lowest BCUT2D eigenvalue weighted by molar-refractivity contribution is 0.613. The molecule has 0 saturated heterocycles. The molecule has 1 N–H and O–H groups in total. The van der Waals surface area contributed by atoms with Crippen LogP contribution < -0.4 is 10.4 Å². The fourth-order valence-electron chi connectivity index (χ4n) is 6.48. The molecule has 47 heavy (non-hydrogen) atoms. The maximum Gasteiger partial charge on any atom is 0.308 e. The first-order valence-electron chi connectivity index (χ1n) is 16.0. The van der Waals surface area contributed by atoms with Crippen molar-refractivity contribution in [2.75, 3.05) is 4.90 Å². The highest BCUT2D eigenvalue weighted by Crippen LogP contribution is 2.39. The van der Waals surface area contributed by atoms with Crippen LogP contribution in [0.15, 0.2) is 174 Å². The van der Waals surface area contributed by atoms with Gasteiger partial charge in [-0.2, -0.15) is 0 Å². The van der Waals surface area contributed by atoms with Gasteiger partial charge in [0.15, 0.2) is 0 Å². The number of allylic oxidation sites excluding steroid dienone is 6. The average Bonchev–Trinajstić information content (AvgIpc) is 3.31. The molecule has 0 radical (unpaired) electrons. The third kappa shape index (κ3) is 5.50. The number of hydrogen-bond donors (Lipinski definition) is 1. The van der Waals surface area contributed by atoms with E-state index in [0.29, 0.717) is 0 Å². The molecule has 224 valence electrons. The van der Waals surface area contributed by atoms with Gasteiger partial charge in [0, 0.05) is 33.4 Å². The zero-order valence-corrected chi connectivity index (χ0v) is 25.9. The van der Waals surface area contributed by atoms with Gasteiger partial charge in [-0.25, -0.2) is 0 Å². The predicted molar refractivity (Wildman–Crippen MR) is 199 cm³/mol. The molecule has 1 heterocycles. The third-order valence-electron chi connectivity index (χ3n) is 8.89. The second-order valence-electron chi connectivity index (χ2n) is 11.8. The van der Waals surface area contributed by atoms with Gasteiger partial charge in [-0.3, -0.25) is 0 Å². The summed E-state index contributed by atoms with van der Waals surface area (Å²) >= 11 is 0. The lowest BCUT2D eigenvalue weighted by Gasteiger charge is -2.26. The number of hydrogen-bond acceptors (Lipinski definition) is 3. The normalized spacial score (nSPS) is 12.7. The van der Waals surface area contributed by atoms with Gasteiger partial charge in [-0.05, 0) is 76.1 Å². The lowest BCUT2D eigenvalue weighted by atomic mass is 9.87. The van der Waals surface area contributed by atoms with Gasteiger partial charge in [-0.15, -0.1) is 0 Å². The molecule has 3 nitrogen and oxygen atoms in total. The van der Waals surface area contributed by atoms with Gasteiger partial charge in [0.2, 0.25) is 0 Å². The first-order valence-corrected chi connectivity index (χ1v) is 16.0. The minimum Gasteiger partial charge on any atom is -0.456 e. The van der Waals surface area contributed by atoms with E-state index in [2.05, 4.69) is 157 Å². The van der Waals surface area contributed by atoms with Crippen LogP contribution in [0.3, 0.4) is 0 Å². The minimum atomic E-state index is -0.0598. The van der Waals surface area contributed by atoms with Gasteiger partial charge in [0.1, 0.15) is 11.2 Å². The Morgan fingerprint density at radius 1 is 0.532 bits per heavy atom. The predicted octanol–water partition coefficient (Wildman–Crippen LogP) is 10.3. The summed E-state index contributed by atoms with van der Waals surface area (Å²) in [7, 11) is -0.0598. The molecule has 0 amide bonds. The van der Waals surface area contributed by atoms with Crippen LogP contribution in [0.4, 0.5) is 17.1 Å². The molecule has 1 aromatic heterocycles. The fraction of sp³-hybridized carbons (Fsp3) is 0.0233. The molecule has 6 aromatic carbocycles. The maximum absolute atomic E-state index is 9.91. The number of para-hydroxylation sites is 2. The van der Waals surface area contributed by atoms with E-state index >= 15 is 0 Å². The monoisotopic (exact) mass is 605 g/mol. The van der Waals surface area contributed by atoms with Gasteiger partial charge >= 0.3 is 7.48 Å². The van der Waals surface area contributed by atoms with Gasteiger partial charge in [-0.1, -0.05) is 134 Å². The minimum absolute atomic E-state index is 0.0598. The molecule has 0 atom stereocenters. The summed E-state index contributed by atoms with van der Waals surface area (Å²) in [5.74, 6) is 0. The molecule has 1 aliphatic rings. The van der Waals surface area contributed by atoms with Crippen molar-refractivity contribution in [3.63, 3.8) is 0 Å². The van der Waals surface area contributed by atoms with Crippen molar-refractivity contribution in [3.05, 3.63) is 175 Å². The van der Waals surface area contributed by atoms with E-state index in [-0.39, 0.29) is 7.48 Å². The van der Waals surface area contributed by atoms with Gasteiger partial charge in [0.05, 0.1) is 0 Å². The molecule has 8 rings (SSSR count). The van der Waals surface area contributed by atoms with Gasteiger partial charge < -0.3 is 14.3 Å². The maximum atomic E-state index is 9.91. The zero-order valence-electron chi connectivity index (χ0n) is 25.9. The van der Waals surface area contributed by atoms with Crippen LogP contribution in [0.25, 0.3) is 49.8 Å². The summed E-state index contributed by atoms with van der Waals surface area (Å²) in [5, 5.41) is 12.0. The average molecular weight is 606 g/mol. The van der Waals surface area contributed by atoms with Crippen LogP contribution in [-0.4, -0.2) is 12.5 Å². The zero-order chi connectivity index (χ0) is 31.6. The topological polar surface area (TPSA) is 36.6 Å². The molecule has 0 bridgehead atoms. The van der Waals surface area contributed by atoms with Crippen LogP contribution in [0.5, 0.6) is 0 Å². The number of furan rings is 1. The Labute approximate surface area is 275 Å². The second-order valence-corrected chi connectivity index (χ2v) is 11.8. The Kier molecular flexibility index (Phi) is 7.62. The standard InChI is InChI=1S/C43H32BNO2/c46-44-41-17-9-16-40-39-15-8-14-38(42(39)47-43(40)41)34-22-28-37(29-23-34)45(36-26-20-33(21-27-36)31-12-6-3-7-13-31)35-24-18-32(19-25-35)30-10-4-1-2-5-11-30/h1,3-29,44,46H,2H2. The van der Waals surface area contributed by atoms with Crippen molar-refractivity contribution in [2.24, 2.45) is 0 Å². The Morgan fingerprint density at radius 3 is 1.81 bits per heavy atom. The summed E-state index contributed by atoms with van der Waals surface area (Å²) in [6, 6.07) is 48.9. The first kappa shape index (κ1) is 28.6. The van der Waals surface area contributed by atoms with Crippen LogP contribution in [0, 0.1) is 0 Å². The van der Waals surface area contributed by atoms with Gasteiger partial charge in [0.25, 0.3) is 0 Å². The van der Waals surface area contributed by atoms with E-state index in [4.69, 9.17) is 4.42 Å². The molecule has 0 unspecified atom stereocenters. The number of anilines is 3.